The van der Waals surface area contributed by atoms with Crippen LogP contribution < -0.4 is 4.74 Å². The van der Waals surface area contributed by atoms with Gasteiger partial charge in [0.15, 0.2) is 0 Å². The topological polar surface area (TPSA) is 76.0 Å². The Morgan fingerprint density at radius 2 is 1.71 bits per heavy atom. The summed E-state index contributed by atoms with van der Waals surface area (Å²) in [5.41, 5.74) is 1.76. The van der Waals surface area contributed by atoms with Gasteiger partial charge >= 0.3 is 5.97 Å². The normalized spacial score (nSPS) is 13.2. The van der Waals surface area contributed by atoms with Crippen LogP contribution in [-0.2, 0) is 16.1 Å². The van der Waals surface area contributed by atoms with E-state index in [4.69, 9.17) is 14.6 Å². The first-order valence-electron chi connectivity index (χ1n) is 7.81. The Kier molecular flexibility index (Phi) is 6.78. The molecule has 0 bridgehead atoms. The van der Waals surface area contributed by atoms with Crippen LogP contribution in [0.2, 0.25) is 0 Å². The number of benzene rings is 2. The third-order valence-corrected chi connectivity index (χ3v) is 3.61. The zero-order valence-corrected chi connectivity index (χ0v) is 13.6. The molecule has 0 saturated heterocycles. The molecule has 0 saturated carbocycles. The van der Waals surface area contributed by atoms with Crippen LogP contribution in [0.3, 0.4) is 0 Å². The minimum absolute atomic E-state index is 0.114. The number of carboxylic acid groups (broad SMARTS) is 1. The summed E-state index contributed by atoms with van der Waals surface area (Å²) in [6.45, 7) is 2.37. The molecule has 0 aliphatic heterocycles. The van der Waals surface area contributed by atoms with Crippen LogP contribution in [0.25, 0.3) is 0 Å². The summed E-state index contributed by atoms with van der Waals surface area (Å²) in [6, 6.07) is 16.6. The van der Waals surface area contributed by atoms with E-state index in [1.54, 1.807) is 31.2 Å². The first-order valence-corrected chi connectivity index (χ1v) is 7.81. The highest BCUT2D eigenvalue weighted by molar-refractivity contribution is 5.75. The highest BCUT2D eigenvalue weighted by Gasteiger charge is 2.13. The quantitative estimate of drug-likeness (QED) is 0.739. The number of aliphatic hydroxyl groups excluding tert-OH is 1. The Morgan fingerprint density at radius 3 is 2.33 bits per heavy atom. The van der Waals surface area contributed by atoms with Gasteiger partial charge in [-0.2, -0.15) is 0 Å². The molecule has 0 radical (unpaired) electrons. The van der Waals surface area contributed by atoms with Gasteiger partial charge in [0.05, 0.1) is 19.1 Å². The third kappa shape index (κ3) is 5.68. The highest BCUT2D eigenvalue weighted by atomic mass is 16.5. The molecular weight excluding hydrogens is 308 g/mol. The van der Waals surface area contributed by atoms with Crippen LogP contribution in [-0.4, -0.2) is 35.5 Å². The van der Waals surface area contributed by atoms with Gasteiger partial charge in [-0.25, -0.2) is 0 Å². The van der Waals surface area contributed by atoms with Crippen molar-refractivity contribution in [1.29, 1.82) is 0 Å². The summed E-state index contributed by atoms with van der Waals surface area (Å²) in [5, 5.41) is 18.8. The molecule has 0 amide bonds. The Morgan fingerprint density at radius 1 is 1.04 bits per heavy atom. The molecule has 0 spiro atoms. The molecule has 0 heterocycles. The molecule has 5 nitrogen and oxygen atoms in total. The predicted molar refractivity (Wildman–Crippen MR) is 90.1 cm³/mol. The molecule has 2 aromatic rings. The molecule has 2 aromatic carbocycles. The van der Waals surface area contributed by atoms with Crippen LogP contribution in [0, 0.1) is 0 Å². The maximum Gasteiger partial charge on any atom is 0.310 e. The predicted octanol–water partition coefficient (Wildman–Crippen LogP) is 2.83. The molecule has 1 unspecified atom stereocenters. The molecule has 0 aromatic heterocycles. The van der Waals surface area contributed by atoms with Crippen LogP contribution in [0.4, 0.5) is 0 Å². The third-order valence-electron chi connectivity index (χ3n) is 3.61. The number of hydrogen-bond donors (Lipinski definition) is 2. The van der Waals surface area contributed by atoms with Gasteiger partial charge in [0, 0.05) is 0 Å². The van der Waals surface area contributed by atoms with Gasteiger partial charge in [-0.1, -0.05) is 42.5 Å². The first-order chi connectivity index (χ1) is 11.6. The molecule has 24 heavy (non-hydrogen) atoms. The standard InChI is InChI=1S/C19H22O5/c1-14(19(21)22)16-7-9-18(10-8-16)24-13-17(20)12-23-11-15-5-3-2-4-6-15/h2-10,14,17,20H,11-13H2,1H3,(H,21,22)/t14?,17-/m0/s1. The lowest BCUT2D eigenvalue weighted by atomic mass is 10.0. The van der Waals surface area contributed by atoms with E-state index in [1.807, 2.05) is 30.3 Å². The van der Waals surface area contributed by atoms with Gasteiger partial charge in [-0.3, -0.25) is 4.79 Å². The smallest absolute Gasteiger partial charge is 0.310 e. The van der Waals surface area contributed by atoms with Crippen LogP contribution in [0.1, 0.15) is 24.0 Å². The van der Waals surface area contributed by atoms with Gasteiger partial charge < -0.3 is 19.7 Å². The molecule has 5 heteroatoms. The molecule has 0 aliphatic carbocycles. The second-order valence-corrected chi connectivity index (χ2v) is 5.59. The molecule has 0 aliphatic rings. The summed E-state index contributed by atoms with van der Waals surface area (Å²) in [6.07, 6.45) is -0.730. The fourth-order valence-corrected chi connectivity index (χ4v) is 2.12. The zero-order chi connectivity index (χ0) is 17.4. The molecule has 128 valence electrons. The van der Waals surface area contributed by atoms with Gasteiger partial charge in [0.2, 0.25) is 0 Å². The van der Waals surface area contributed by atoms with Crippen molar-refractivity contribution in [3.8, 4) is 5.75 Å². The lowest BCUT2D eigenvalue weighted by molar-refractivity contribution is -0.138. The fourth-order valence-electron chi connectivity index (χ4n) is 2.12. The van der Waals surface area contributed by atoms with Gasteiger partial charge in [-0.05, 0) is 30.2 Å². The van der Waals surface area contributed by atoms with E-state index in [2.05, 4.69) is 0 Å². The maximum absolute atomic E-state index is 10.9. The summed E-state index contributed by atoms with van der Waals surface area (Å²) in [4.78, 5) is 10.9. The van der Waals surface area contributed by atoms with E-state index < -0.39 is 18.0 Å². The lowest BCUT2D eigenvalue weighted by Gasteiger charge is -2.13. The van der Waals surface area contributed by atoms with Crippen molar-refractivity contribution < 1.29 is 24.5 Å². The molecule has 0 fully saturated rings. The Balaban J connectivity index is 1.71. The zero-order valence-electron chi connectivity index (χ0n) is 13.6. The van der Waals surface area contributed by atoms with E-state index in [-0.39, 0.29) is 13.2 Å². The number of ether oxygens (including phenoxy) is 2. The van der Waals surface area contributed by atoms with Crippen molar-refractivity contribution in [2.24, 2.45) is 0 Å². The second kappa shape index (κ2) is 9.05. The van der Waals surface area contributed by atoms with Crippen molar-refractivity contribution in [3.05, 3.63) is 65.7 Å². The van der Waals surface area contributed by atoms with E-state index in [9.17, 15) is 9.90 Å². The number of hydrogen-bond acceptors (Lipinski definition) is 4. The van der Waals surface area contributed by atoms with Gasteiger partial charge in [0.1, 0.15) is 18.5 Å². The van der Waals surface area contributed by atoms with Crippen LogP contribution in [0.15, 0.2) is 54.6 Å². The monoisotopic (exact) mass is 330 g/mol. The lowest BCUT2D eigenvalue weighted by Crippen LogP contribution is -2.23. The maximum atomic E-state index is 10.9. The van der Waals surface area contributed by atoms with E-state index in [1.165, 1.54) is 0 Å². The average molecular weight is 330 g/mol. The van der Waals surface area contributed by atoms with E-state index in [0.29, 0.717) is 17.9 Å². The van der Waals surface area contributed by atoms with Crippen molar-refractivity contribution >= 4 is 5.97 Å². The fraction of sp³-hybridized carbons (Fsp3) is 0.316. The SMILES string of the molecule is CC(C(=O)O)c1ccc(OC[C@@H](O)COCc2ccccc2)cc1. The summed E-state index contributed by atoms with van der Waals surface area (Å²) < 4.78 is 10.9. The number of rotatable bonds is 9. The van der Waals surface area contributed by atoms with Gasteiger partial charge in [0.25, 0.3) is 0 Å². The highest BCUT2D eigenvalue weighted by Crippen LogP contribution is 2.19. The molecule has 2 atom stereocenters. The van der Waals surface area contributed by atoms with Crippen LogP contribution >= 0.6 is 0 Å². The molecular formula is C19H22O5. The number of aliphatic carboxylic acids is 1. The summed E-state index contributed by atoms with van der Waals surface area (Å²) in [5.74, 6) is -0.843. The van der Waals surface area contributed by atoms with Crippen molar-refractivity contribution in [1.82, 2.24) is 0 Å². The van der Waals surface area contributed by atoms with Crippen molar-refractivity contribution in [3.63, 3.8) is 0 Å². The average Bonchev–Trinajstić information content (AvgIpc) is 2.60. The minimum Gasteiger partial charge on any atom is -0.491 e. The number of aliphatic hydroxyl groups is 1. The van der Waals surface area contributed by atoms with E-state index >= 15 is 0 Å². The van der Waals surface area contributed by atoms with Crippen molar-refractivity contribution in [2.75, 3.05) is 13.2 Å². The largest absolute Gasteiger partial charge is 0.491 e. The Labute approximate surface area is 141 Å². The van der Waals surface area contributed by atoms with Crippen LogP contribution in [0.5, 0.6) is 5.75 Å². The second-order valence-electron chi connectivity index (χ2n) is 5.59. The summed E-state index contributed by atoms with van der Waals surface area (Å²) in [7, 11) is 0. The Hall–Kier alpha value is -2.37. The first kappa shape index (κ1) is 18.0. The van der Waals surface area contributed by atoms with Gasteiger partial charge in [-0.15, -0.1) is 0 Å². The molecule has 2 N–H and O–H groups in total. The molecule has 2 rings (SSSR count). The minimum atomic E-state index is -0.866. The number of carbonyl (C=O) groups is 1. The summed E-state index contributed by atoms with van der Waals surface area (Å²) >= 11 is 0. The van der Waals surface area contributed by atoms with E-state index in [0.717, 1.165) is 5.56 Å². The Bertz CT molecular complexity index is 624. The number of carboxylic acids is 1. The van der Waals surface area contributed by atoms with Crippen molar-refractivity contribution in [2.45, 2.75) is 25.6 Å².